The maximum absolute atomic E-state index is 14.5. The first-order valence-electron chi connectivity index (χ1n) is 13.2. The monoisotopic (exact) mass is 539 g/mol. The third kappa shape index (κ3) is 6.28. The molecule has 4 aromatic rings. The van der Waals surface area contributed by atoms with Crippen molar-refractivity contribution in [3.05, 3.63) is 83.8 Å². The highest BCUT2D eigenvalue weighted by molar-refractivity contribution is 5.80. The summed E-state index contributed by atoms with van der Waals surface area (Å²) in [6, 6.07) is 17.9. The van der Waals surface area contributed by atoms with Gasteiger partial charge in [0.05, 0.1) is 17.4 Å². The van der Waals surface area contributed by atoms with Crippen molar-refractivity contribution >= 4 is 10.9 Å². The number of halogens is 3. The summed E-state index contributed by atoms with van der Waals surface area (Å²) in [6.07, 6.45) is -4.57. The van der Waals surface area contributed by atoms with Crippen LogP contribution >= 0.6 is 0 Å². The Hall–Kier alpha value is -3.36. The highest BCUT2D eigenvalue weighted by Gasteiger charge is 2.56. The molecule has 0 aliphatic heterocycles. The van der Waals surface area contributed by atoms with Crippen molar-refractivity contribution < 1.29 is 23.4 Å². The van der Waals surface area contributed by atoms with Gasteiger partial charge in [0.15, 0.2) is 5.60 Å². The topological polar surface area (TPSA) is 72.4 Å². The number of hydrogen-bond acceptors (Lipinski definition) is 4. The lowest BCUT2D eigenvalue weighted by molar-refractivity contribution is -0.266. The van der Waals surface area contributed by atoms with Crippen molar-refractivity contribution in [3.63, 3.8) is 0 Å². The number of phenols is 1. The highest BCUT2D eigenvalue weighted by atomic mass is 19.4. The van der Waals surface area contributed by atoms with E-state index in [1.807, 2.05) is 36.4 Å². The number of rotatable bonds is 10. The fourth-order valence-electron chi connectivity index (χ4n) is 5.29. The van der Waals surface area contributed by atoms with Gasteiger partial charge in [0.2, 0.25) is 0 Å². The van der Waals surface area contributed by atoms with Gasteiger partial charge in [-0.15, -0.1) is 0 Å². The van der Waals surface area contributed by atoms with Crippen LogP contribution in [0.2, 0.25) is 0 Å². The summed E-state index contributed by atoms with van der Waals surface area (Å²) in [7, 11) is 0. The lowest BCUT2D eigenvalue weighted by Crippen LogP contribution is -2.50. The van der Waals surface area contributed by atoms with Gasteiger partial charge >= 0.3 is 6.18 Å². The molecule has 0 saturated carbocycles. The highest BCUT2D eigenvalue weighted by Crippen LogP contribution is 2.45. The van der Waals surface area contributed by atoms with Crippen LogP contribution in [0, 0.1) is 0 Å². The van der Waals surface area contributed by atoms with Crippen LogP contribution in [0.15, 0.2) is 66.9 Å². The third-order valence-corrected chi connectivity index (χ3v) is 7.48. The van der Waals surface area contributed by atoms with Crippen LogP contribution < -0.4 is 0 Å². The van der Waals surface area contributed by atoms with Crippen molar-refractivity contribution in [1.29, 1.82) is 0 Å². The molecule has 5 nitrogen and oxygen atoms in total. The zero-order chi connectivity index (χ0) is 28.4. The van der Waals surface area contributed by atoms with Crippen molar-refractivity contribution in [2.24, 2.45) is 0 Å². The van der Waals surface area contributed by atoms with Gasteiger partial charge in [0.25, 0.3) is 0 Å². The van der Waals surface area contributed by atoms with E-state index in [9.17, 15) is 23.4 Å². The number of phenolic OH excluding ortho intramolecular Hbond substituents is 1. The predicted molar refractivity (Wildman–Crippen MR) is 149 cm³/mol. The molecule has 4 rings (SSSR count). The molecule has 208 valence electrons. The van der Waals surface area contributed by atoms with E-state index in [1.165, 1.54) is 6.07 Å². The summed E-state index contributed by atoms with van der Waals surface area (Å²) in [6.45, 7) is 9.74. The van der Waals surface area contributed by atoms with Crippen LogP contribution in [0.3, 0.4) is 0 Å². The van der Waals surface area contributed by atoms with E-state index in [-0.39, 0.29) is 11.4 Å². The Morgan fingerprint density at radius 2 is 1.62 bits per heavy atom. The molecule has 0 aliphatic rings. The maximum atomic E-state index is 14.5. The molecule has 0 bridgehead atoms. The van der Waals surface area contributed by atoms with E-state index in [0.717, 1.165) is 35.3 Å². The molecule has 0 amide bonds. The minimum absolute atomic E-state index is 0.110. The molecule has 1 unspecified atom stereocenters. The van der Waals surface area contributed by atoms with Gasteiger partial charge in [-0.3, -0.25) is 9.88 Å². The Bertz CT molecular complexity index is 1410. The number of aliphatic hydroxyl groups is 1. The van der Waals surface area contributed by atoms with Gasteiger partial charge in [-0.25, -0.2) is 0 Å². The number of nitrogens with zero attached hydrogens (tertiary/aromatic N) is 2. The number of aromatic amines is 1. The van der Waals surface area contributed by atoms with Crippen molar-refractivity contribution in [1.82, 2.24) is 14.9 Å². The van der Waals surface area contributed by atoms with Crippen molar-refractivity contribution in [3.8, 4) is 16.9 Å². The second-order valence-corrected chi connectivity index (χ2v) is 10.9. The van der Waals surface area contributed by atoms with E-state index in [0.29, 0.717) is 17.6 Å². The summed E-state index contributed by atoms with van der Waals surface area (Å²) in [5, 5.41) is 22.6. The molecule has 39 heavy (non-hydrogen) atoms. The normalized spacial score (nSPS) is 14.2. The van der Waals surface area contributed by atoms with Crippen LogP contribution in [-0.2, 0) is 18.4 Å². The molecule has 2 aromatic heterocycles. The molecule has 2 heterocycles. The predicted octanol–water partition coefficient (Wildman–Crippen LogP) is 6.98. The number of alkyl halides is 3. The first kappa shape index (κ1) is 28.6. The fraction of sp³-hybridized carbons (Fsp3) is 0.387. The van der Waals surface area contributed by atoms with Crippen LogP contribution in [0.5, 0.6) is 5.75 Å². The smallest absolute Gasteiger partial charge is 0.417 e. The largest absolute Gasteiger partial charge is 0.508 e. The van der Waals surface area contributed by atoms with Crippen LogP contribution in [-0.4, -0.2) is 49.9 Å². The quantitative estimate of drug-likeness (QED) is 0.203. The summed E-state index contributed by atoms with van der Waals surface area (Å²) in [4.78, 5) is 9.67. The minimum Gasteiger partial charge on any atom is -0.508 e. The molecule has 2 aromatic carbocycles. The van der Waals surface area contributed by atoms with Crippen LogP contribution in [0.1, 0.15) is 51.1 Å². The Morgan fingerprint density at radius 1 is 0.923 bits per heavy atom. The van der Waals surface area contributed by atoms with Crippen molar-refractivity contribution in [2.45, 2.75) is 64.3 Å². The average molecular weight is 540 g/mol. The Kier molecular flexibility index (Phi) is 8.09. The molecule has 3 N–H and O–H groups in total. The molecule has 0 saturated heterocycles. The molecular formula is C31H36F3N3O2. The number of H-pyrrole nitrogens is 1. The molecule has 0 aliphatic carbocycles. The van der Waals surface area contributed by atoms with E-state index in [4.69, 9.17) is 0 Å². The van der Waals surface area contributed by atoms with E-state index in [2.05, 4.69) is 28.7 Å². The number of aromatic hydroxyl groups is 1. The lowest BCUT2D eigenvalue weighted by atomic mass is 9.72. The SMILES string of the molecule is CCN(CC)Cc1cc2cc(CC(O)(CC(C)(C)c3cc(-c4ccccc4)ccc3O)C(F)(F)F)[nH]c2cn1. The van der Waals surface area contributed by atoms with Gasteiger partial charge in [0, 0.05) is 29.6 Å². The zero-order valence-electron chi connectivity index (χ0n) is 22.8. The molecular weight excluding hydrogens is 503 g/mol. The molecule has 8 heteroatoms. The number of benzene rings is 2. The minimum atomic E-state index is -4.90. The Morgan fingerprint density at radius 3 is 2.26 bits per heavy atom. The van der Waals surface area contributed by atoms with E-state index < -0.39 is 30.0 Å². The van der Waals surface area contributed by atoms with Gasteiger partial charge in [-0.1, -0.05) is 64.1 Å². The Labute approximate surface area is 227 Å². The van der Waals surface area contributed by atoms with Gasteiger partial charge in [-0.2, -0.15) is 13.2 Å². The third-order valence-electron chi connectivity index (χ3n) is 7.48. The number of nitrogens with one attached hydrogen (secondary N) is 1. The van der Waals surface area contributed by atoms with Gasteiger partial charge in [0.1, 0.15) is 5.75 Å². The van der Waals surface area contributed by atoms with Gasteiger partial charge < -0.3 is 15.2 Å². The summed E-state index contributed by atoms with van der Waals surface area (Å²) in [5.41, 5.74) is -0.530. The summed E-state index contributed by atoms with van der Waals surface area (Å²) in [5.74, 6) is -0.110. The number of fused-ring (bicyclic) bond motifs is 1. The number of hydrogen-bond donors (Lipinski definition) is 3. The molecule has 0 spiro atoms. The van der Waals surface area contributed by atoms with E-state index >= 15 is 0 Å². The molecule has 1 atom stereocenters. The summed E-state index contributed by atoms with van der Waals surface area (Å²) < 4.78 is 43.4. The maximum Gasteiger partial charge on any atom is 0.417 e. The second-order valence-electron chi connectivity index (χ2n) is 10.9. The first-order valence-corrected chi connectivity index (χ1v) is 13.2. The lowest BCUT2D eigenvalue weighted by Gasteiger charge is -2.38. The standard InChI is InChI=1S/C31H36F3N3O2/c1-5-37(6-2)19-25-15-23-14-24(36-27(23)18-35-25)17-30(39,31(32,33)34)20-29(3,4)26-16-22(12-13-28(26)38)21-10-8-7-9-11-21/h7-16,18,36,38-39H,5-6,17,19-20H2,1-4H3. The second kappa shape index (κ2) is 11.0. The summed E-state index contributed by atoms with van der Waals surface area (Å²) >= 11 is 0. The first-order chi connectivity index (χ1) is 18.3. The number of aromatic nitrogens is 2. The Balaban J connectivity index is 1.64. The fourth-order valence-corrected chi connectivity index (χ4v) is 5.29. The van der Waals surface area contributed by atoms with E-state index in [1.54, 1.807) is 38.2 Å². The van der Waals surface area contributed by atoms with Crippen LogP contribution in [0.25, 0.3) is 22.0 Å². The zero-order valence-corrected chi connectivity index (χ0v) is 22.8. The molecule has 0 radical (unpaired) electrons. The van der Waals surface area contributed by atoms with Crippen molar-refractivity contribution in [2.75, 3.05) is 13.1 Å². The average Bonchev–Trinajstić information content (AvgIpc) is 3.28. The number of pyridine rings is 1. The van der Waals surface area contributed by atoms with Crippen LogP contribution in [0.4, 0.5) is 13.2 Å². The molecule has 0 fully saturated rings. The van der Waals surface area contributed by atoms with Gasteiger partial charge in [-0.05, 0) is 60.3 Å².